The van der Waals surface area contributed by atoms with Crippen molar-refractivity contribution >= 4 is 16.7 Å². The number of aromatic nitrogens is 1. The van der Waals surface area contributed by atoms with E-state index in [0.29, 0.717) is 28.8 Å². The van der Waals surface area contributed by atoms with Gasteiger partial charge >= 0.3 is 0 Å². The van der Waals surface area contributed by atoms with Crippen molar-refractivity contribution in [2.45, 2.75) is 45.2 Å². The number of hydrogen-bond donors (Lipinski definition) is 2. The fourth-order valence-corrected chi connectivity index (χ4v) is 5.23. The van der Waals surface area contributed by atoms with E-state index in [4.69, 9.17) is 0 Å². The van der Waals surface area contributed by atoms with Crippen LogP contribution >= 0.6 is 0 Å². The largest absolute Gasteiger partial charge is 0.345 e. The molecule has 1 aliphatic carbocycles. The Labute approximate surface area is 197 Å². The van der Waals surface area contributed by atoms with E-state index in [1.165, 1.54) is 24.3 Å². The molecule has 2 aromatic carbocycles. The number of rotatable bonds is 6. The number of pyridine rings is 1. The van der Waals surface area contributed by atoms with E-state index >= 15 is 0 Å². The van der Waals surface area contributed by atoms with Crippen molar-refractivity contribution in [1.82, 2.24) is 15.2 Å². The van der Waals surface area contributed by atoms with E-state index in [-0.39, 0.29) is 35.0 Å². The molecule has 2 atom stereocenters. The van der Waals surface area contributed by atoms with Crippen LogP contribution in [0.4, 0.5) is 8.78 Å². The molecule has 7 heteroatoms. The Kier molecular flexibility index (Phi) is 6.21. The second-order valence-corrected chi connectivity index (χ2v) is 9.59. The predicted octanol–water partition coefficient (Wildman–Crippen LogP) is 4.47. The van der Waals surface area contributed by atoms with Crippen LogP contribution in [0, 0.1) is 30.4 Å². The van der Waals surface area contributed by atoms with Gasteiger partial charge < -0.3 is 15.2 Å². The number of carbonyl (C=O) groups excluding carboxylic acids is 1. The molecule has 2 heterocycles. The first kappa shape index (κ1) is 22.7. The molecule has 5 nitrogen and oxygen atoms in total. The van der Waals surface area contributed by atoms with Gasteiger partial charge in [-0.3, -0.25) is 9.59 Å². The van der Waals surface area contributed by atoms with Gasteiger partial charge in [0.05, 0.1) is 17.0 Å². The minimum absolute atomic E-state index is 0.0595. The number of hydrogen-bond acceptors (Lipinski definition) is 3. The summed E-state index contributed by atoms with van der Waals surface area (Å²) < 4.78 is 30.4. The van der Waals surface area contributed by atoms with Crippen LogP contribution in [0.15, 0.2) is 47.3 Å². The first-order valence-corrected chi connectivity index (χ1v) is 12.0. The molecule has 2 fully saturated rings. The first-order valence-electron chi connectivity index (χ1n) is 12.0. The van der Waals surface area contributed by atoms with Gasteiger partial charge in [-0.1, -0.05) is 24.3 Å². The summed E-state index contributed by atoms with van der Waals surface area (Å²) in [5.74, 6) is -0.887. The number of carbonyl (C=O) groups is 1. The lowest BCUT2D eigenvalue weighted by Gasteiger charge is -2.26. The van der Waals surface area contributed by atoms with Crippen LogP contribution in [0.5, 0.6) is 0 Å². The normalized spacial score (nSPS) is 19.2. The van der Waals surface area contributed by atoms with Gasteiger partial charge in [-0.25, -0.2) is 8.78 Å². The van der Waals surface area contributed by atoms with E-state index in [9.17, 15) is 18.4 Å². The highest BCUT2D eigenvalue weighted by Crippen LogP contribution is 2.41. The molecule has 1 saturated heterocycles. The van der Waals surface area contributed by atoms with Crippen molar-refractivity contribution in [3.8, 4) is 0 Å². The van der Waals surface area contributed by atoms with Crippen LogP contribution in [0.25, 0.3) is 10.8 Å². The molecule has 0 radical (unpaired) electrons. The molecule has 1 amide bonds. The number of nitrogens with zero attached hydrogens (tertiary/aromatic N) is 1. The van der Waals surface area contributed by atoms with Crippen LogP contribution in [-0.2, 0) is 6.54 Å². The second-order valence-electron chi connectivity index (χ2n) is 9.59. The van der Waals surface area contributed by atoms with Crippen molar-refractivity contribution in [1.29, 1.82) is 0 Å². The van der Waals surface area contributed by atoms with Gasteiger partial charge in [-0.2, -0.15) is 0 Å². The van der Waals surface area contributed by atoms with Gasteiger partial charge in [-0.05, 0) is 81.3 Å². The van der Waals surface area contributed by atoms with E-state index in [0.717, 1.165) is 38.8 Å². The average molecular weight is 466 g/mol. The van der Waals surface area contributed by atoms with Gasteiger partial charge in [0.2, 0.25) is 0 Å². The third-order valence-corrected chi connectivity index (χ3v) is 7.16. The van der Waals surface area contributed by atoms with Crippen molar-refractivity contribution in [2.24, 2.45) is 11.8 Å². The molecule has 3 aromatic rings. The molecule has 2 N–H and O–H groups in total. The summed E-state index contributed by atoms with van der Waals surface area (Å²) in [5, 5.41) is 6.69. The van der Waals surface area contributed by atoms with Crippen LogP contribution in [0.1, 0.15) is 53.3 Å². The van der Waals surface area contributed by atoms with Crippen LogP contribution in [0.2, 0.25) is 0 Å². The maximum Gasteiger partial charge on any atom is 0.261 e. The summed E-state index contributed by atoms with van der Waals surface area (Å²) in [6.45, 7) is 3.92. The fourth-order valence-electron chi connectivity index (χ4n) is 5.23. The molecule has 2 unspecified atom stereocenters. The van der Waals surface area contributed by atoms with E-state index in [1.807, 2.05) is 6.07 Å². The molecule has 1 aromatic heterocycles. The zero-order valence-electron chi connectivity index (χ0n) is 19.2. The number of benzene rings is 2. The third kappa shape index (κ3) is 4.37. The van der Waals surface area contributed by atoms with Gasteiger partial charge in [0.25, 0.3) is 11.5 Å². The number of nitrogens with one attached hydrogen (secondary N) is 2. The van der Waals surface area contributed by atoms with E-state index in [1.54, 1.807) is 23.6 Å². The topological polar surface area (TPSA) is 63.1 Å². The maximum atomic E-state index is 14.9. The van der Waals surface area contributed by atoms with Gasteiger partial charge in [0.1, 0.15) is 11.6 Å². The molecule has 2 aliphatic rings. The Morgan fingerprint density at radius 3 is 2.68 bits per heavy atom. The molecule has 34 heavy (non-hydrogen) atoms. The van der Waals surface area contributed by atoms with Crippen molar-refractivity contribution in [2.75, 3.05) is 13.1 Å². The van der Waals surface area contributed by atoms with Crippen molar-refractivity contribution in [3.05, 3.63) is 81.3 Å². The zero-order chi connectivity index (χ0) is 23.8. The summed E-state index contributed by atoms with van der Waals surface area (Å²) in [6, 6.07) is 10.4. The summed E-state index contributed by atoms with van der Waals surface area (Å²) >= 11 is 0. The Morgan fingerprint density at radius 1 is 1.18 bits per heavy atom. The van der Waals surface area contributed by atoms with E-state index in [2.05, 4.69) is 10.6 Å². The smallest absolute Gasteiger partial charge is 0.261 e. The highest BCUT2D eigenvalue weighted by atomic mass is 19.1. The van der Waals surface area contributed by atoms with Gasteiger partial charge in [0.15, 0.2) is 0 Å². The number of fused-ring (bicyclic) bond motifs is 1. The number of halogens is 2. The lowest BCUT2D eigenvalue weighted by molar-refractivity contribution is 0.0931. The SMILES string of the molecule is Cc1c(C(=O)NC(c2cccc(F)c2)C2CC2)c2cccc(F)c2c(=O)n1CC1CCCNC1. The minimum atomic E-state index is -0.629. The molecule has 5 rings (SSSR count). The minimum Gasteiger partial charge on any atom is -0.345 e. The molecule has 1 aliphatic heterocycles. The zero-order valence-corrected chi connectivity index (χ0v) is 19.2. The third-order valence-electron chi connectivity index (χ3n) is 7.16. The standard InChI is InChI=1S/C27H29F2N3O2/c1-16-23(26(33)31-25(18-10-11-18)19-6-2-7-20(28)13-19)21-8-3-9-22(29)24(21)27(34)32(16)15-17-5-4-12-30-14-17/h2-3,6-9,13,17-18,25,30H,4-5,10-12,14-15H2,1H3,(H,31,33). The average Bonchev–Trinajstić information content (AvgIpc) is 3.66. The Hall–Kier alpha value is -3.06. The van der Waals surface area contributed by atoms with Gasteiger partial charge in [-0.15, -0.1) is 0 Å². The predicted molar refractivity (Wildman–Crippen MR) is 128 cm³/mol. The number of amides is 1. The summed E-state index contributed by atoms with van der Waals surface area (Å²) in [7, 11) is 0. The summed E-state index contributed by atoms with van der Waals surface area (Å²) in [5.41, 5.74) is 1.14. The van der Waals surface area contributed by atoms with Crippen LogP contribution in [0.3, 0.4) is 0 Å². The van der Waals surface area contributed by atoms with Crippen molar-refractivity contribution < 1.29 is 13.6 Å². The fraction of sp³-hybridized carbons (Fsp3) is 0.407. The number of piperidine rings is 1. The van der Waals surface area contributed by atoms with E-state index < -0.39 is 11.4 Å². The quantitative estimate of drug-likeness (QED) is 0.565. The lowest BCUT2D eigenvalue weighted by atomic mass is 9.97. The Balaban J connectivity index is 1.58. The van der Waals surface area contributed by atoms with Gasteiger partial charge in [0, 0.05) is 17.6 Å². The monoisotopic (exact) mass is 465 g/mol. The van der Waals surface area contributed by atoms with Crippen LogP contribution in [-0.4, -0.2) is 23.6 Å². The highest BCUT2D eigenvalue weighted by molar-refractivity contribution is 6.08. The molecule has 178 valence electrons. The molecular weight excluding hydrogens is 436 g/mol. The molecular formula is C27H29F2N3O2. The van der Waals surface area contributed by atoms with Crippen LogP contribution < -0.4 is 16.2 Å². The molecule has 0 bridgehead atoms. The maximum absolute atomic E-state index is 14.9. The molecule has 0 spiro atoms. The Bertz CT molecular complexity index is 1290. The lowest BCUT2D eigenvalue weighted by Crippen LogP contribution is -2.37. The highest BCUT2D eigenvalue weighted by Gasteiger charge is 2.35. The molecule has 1 saturated carbocycles. The summed E-state index contributed by atoms with van der Waals surface area (Å²) in [4.78, 5) is 27.0. The summed E-state index contributed by atoms with van der Waals surface area (Å²) in [6.07, 6.45) is 3.89. The van der Waals surface area contributed by atoms with Crippen molar-refractivity contribution in [3.63, 3.8) is 0 Å². The Morgan fingerprint density at radius 2 is 1.97 bits per heavy atom. The first-order chi connectivity index (χ1) is 16.4. The second kappa shape index (κ2) is 9.29.